The largest absolute Gasteiger partial charge is 0.465 e. The molecule has 1 unspecified atom stereocenters. The van der Waals surface area contributed by atoms with Crippen molar-refractivity contribution in [2.24, 2.45) is 0 Å². The predicted molar refractivity (Wildman–Crippen MR) is 77.5 cm³/mol. The second-order valence-corrected chi connectivity index (χ2v) is 5.41. The van der Waals surface area contributed by atoms with Gasteiger partial charge in [0.15, 0.2) is 0 Å². The van der Waals surface area contributed by atoms with Crippen LogP contribution in [0.15, 0.2) is 9.82 Å². The van der Waals surface area contributed by atoms with E-state index in [0.29, 0.717) is 5.69 Å². The van der Waals surface area contributed by atoms with Gasteiger partial charge in [-0.1, -0.05) is 11.8 Å². The summed E-state index contributed by atoms with van der Waals surface area (Å²) in [6, 6.07) is 0. The van der Waals surface area contributed by atoms with Crippen LogP contribution in [0.1, 0.15) is 36.8 Å². The van der Waals surface area contributed by atoms with Crippen molar-refractivity contribution in [3.63, 3.8) is 0 Å². The molecule has 1 aromatic heterocycles. The summed E-state index contributed by atoms with van der Waals surface area (Å²) in [5.74, 6) is -1.02. The van der Waals surface area contributed by atoms with Gasteiger partial charge in [-0.05, 0) is 27.7 Å². The lowest BCUT2D eigenvalue weighted by molar-refractivity contribution is -0.142. The van der Waals surface area contributed by atoms with E-state index in [9.17, 15) is 14.4 Å². The Balaban J connectivity index is 3.13. The van der Waals surface area contributed by atoms with Crippen LogP contribution in [0.4, 0.5) is 0 Å². The molecule has 0 bridgehead atoms. The van der Waals surface area contributed by atoms with E-state index in [1.165, 1.54) is 0 Å². The van der Waals surface area contributed by atoms with Gasteiger partial charge in [0.2, 0.25) is 0 Å². The Morgan fingerprint density at radius 1 is 1.29 bits per heavy atom. The fourth-order valence-corrected chi connectivity index (χ4v) is 2.55. The van der Waals surface area contributed by atoms with E-state index in [0.717, 1.165) is 11.8 Å². The molecule has 0 saturated heterocycles. The van der Waals surface area contributed by atoms with Crippen LogP contribution >= 0.6 is 11.8 Å². The molecule has 116 valence electrons. The van der Waals surface area contributed by atoms with Crippen LogP contribution in [0.5, 0.6) is 0 Å². The summed E-state index contributed by atoms with van der Waals surface area (Å²) < 4.78 is 9.84. The smallest absolute Gasteiger partial charge is 0.346 e. The standard InChI is InChI=1S/C13H18N2O5S/c1-5-19-11(16)8(4)21-10-9(12(17)20-6-2)7(3)14-13(18)15-10/h8H,5-6H2,1-4H3,(H,14,15,18). The molecule has 0 aliphatic carbocycles. The maximum Gasteiger partial charge on any atom is 0.346 e. The molecule has 0 radical (unpaired) electrons. The summed E-state index contributed by atoms with van der Waals surface area (Å²) in [4.78, 5) is 41.3. The van der Waals surface area contributed by atoms with Crippen molar-refractivity contribution < 1.29 is 19.1 Å². The predicted octanol–water partition coefficient (Wildman–Crippen LogP) is 1.30. The van der Waals surface area contributed by atoms with E-state index in [-0.39, 0.29) is 23.8 Å². The first-order chi connectivity index (χ1) is 9.90. The molecule has 0 spiro atoms. The molecule has 1 N–H and O–H groups in total. The minimum atomic E-state index is -0.591. The normalized spacial score (nSPS) is 11.8. The highest BCUT2D eigenvalue weighted by Crippen LogP contribution is 2.26. The third-order valence-electron chi connectivity index (χ3n) is 2.47. The molecule has 0 aliphatic heterocycles. The number of aryl methyl sites for hydroxylation is 1. The monoisotopic (exact) mass is 314 g/mol. The molecule has 1 rings (SSSR count). The van der Waals surface area contributed by atoms with Crippen LogP contribution in [0.2, 0.25) is 0 Å². The Labute approximate surface area is 126 Å². The molecular formula is C13H18N2O5S. The number of H-pyrrole nitrogens is 1. The van der Waals surface area contributed by atoms with Gasteiger partial charge in [-0.25, -0.2) is 9.59 Å². The van der Waals surface area contributed by atoms with Crippen molar-refractivity contribution in [3.05, 3.63) is 21.7 Å². The zero-order chi connectivity index (χ0) is 16.0. The Morgan fingerprint density at radius 2 is 1.90 bits per heavy atom. The van der Waals surface area contributed by atoms with Crippen molar-refractivity contribution in [2.45, 2.75) is 38.0 Å². The number of hydrogen-bond donors (Lipinski definition) is 1. The Morgan fingerprint density at radius 3 is 2.48 bits per heavy atom. The lowest BCUT2D eigenvalue weighted by atomic mass is 10.2. The summed E-state index contributed by atoms with van der Waals surface area (Å²) in [6.07, 6.45) is 0. The number of aromatic nitrogens is 2. The summed E-state index contributed by atoms with van der Waals surface area (Å²) in [6.45, 7) is 7.05. The second-order valence-electron chi connectivity index (χ2n) is 4.08. The number of nitrogens with zero attached hydrogens (tertiary/aromatic N) is 1. The molecule has 0 saturated carbocycles. The van der Waals surface area contributed by atoms with Gasteiger partial charge < -0.3 is 14.5 Å². The topological polar surface area (TPSA) is 98.3 Å². The fourth-order valence-electron chi connectivity index (χ4n) is 1.56. The Bertz CT molecular complexity index is 584. The number of thioether (sulfide) groups is 1. The van der Waals surface area contributed by atoms with Crippen LogP contribution in [-0.4, -0.2) is 40.4 Å². The minimum Gasteiger partial charge on any atom is -0.465 e. The molecular weight excluding hydrogens is 296 g/mol. The minimum absolute atomic E-state index is 0.162. The van der Waals surface area contributed by atoms with Crippen LogP contribution in [0, 0.1) is 6.92 Å². The molecule has 8 heteroatoms. The molecule has 1 aromatic rings. The van der Waals surface area contributed by atoms with Crippen molar-refractivity contribution in [1.82, 2.24) is 9.97 Å². The van der Waals surface area contributed by atoms with Gasteiger partial charge in [-0.2, -0.15) is 4.98 Å². The number of aromatic amines is 1. The zero-order valence-corrected chi connectivity index (χ0v) is 13.2. The number of carbonyl (C=O) groups excluding carboxylic acids is 2. The molecule has 1 heterocycles. The number of ether oxygens (including phenoxy) is 2. The third-order valence-corrected chi connectivity index (χ3v) is 3.54. The van der Waals surface area contributed by atoms with Crippen LogP contribution in [0.25, 0.3) is 0 Å². The van der Waals surface area contributed by atoms with E-state index in [1.54, 1.807) is 27.7 Å². The summed E-state index contributed by atoms with van der Waals surface area (Å²) in [7, 11) is 0. The average Bonchev–Trinajstić information content (AvgIpc) is 2.38. The molecule has 7 nitrogen and oxygen atoms in total. The zero-order valence-electron chi connectivity index (χ0n) is 12.4. The number of rotatable bonds is 6. The van der Waals surface area contributed by atoms with E-state index < -0.39 is 22.9 Å². The summed E-state index contributed by atoms with van der Waals surface area (Å²) >= 11 is 0.994. The summed E-state index contributed by atoms with van der Waals surface area (Å²) in [5.41, 5.74) is -0.0660. The Hall–Kier alpha value is -1.83. The van der Waals surface area contributed by atoms with Gasteiger partial charge in [-0.15, -0.1) is 0 Å². The molecule has 0 fully saturated rings. The molecule has 0 aromatic carbocycles. The first kappa shape index (κ1) is 17.2. The van der Waals surface area contributed by atoms with E-state index in [4.69, 9.17) is 9.47 Å². The maximum atomic E-state index is 12.0. The number of nitrogens with one attached hydrogen (secondary N) is 1. The van der Waals surface area contributed by atoms with Crippen molar-refractivity contribution in [1.29, 1.82) is 0 Å². The third kappa shape index (κ3) is 4.59. The number of esters is 2. The van der Waals surface area contributed by atoms with Crippen LogP contribution in [-0.2, 0) is 14.3 Å². The molecule has 21 heavy (non-hydrogen) atoms. The highest BCUT2D eigenvalue weighted by atomic mass is 32.2. The van der Waals surface area contributed by atoms with Gasteiger partial charge in [0, 0.05) is 5.69 Å². The van der Waals surface area contributed by atoms with Gasteiger partial charge in [-0.3, -0.25) is 4.79 Å². The molecule has 0 aliphatic rings. The quantitative estimate of drug-likeness (QED) is 0.480. The van der Waals surface area contributed by atoms with Crippen LogP contribution in [0.3, 0.4) is 0 Å². The Kier molecular flexibility index (Phi) is 6.41. The molecule has 0 amide bonds. The number of hydrogen-bond acceptors (Lipinski definition) is 7. The SMILES string of the molecule is CCOC(=O)c1c(SC(C)C(=O)OCC)nc(=O)[nH]c1C. The van der Waals surface area contributed by atoms with E-state index in [2.05, 4.69) is 9.97 Å². The first-order valence-electron chi connectivity index (χ1n) is 6.52. The van der Waals surface area contributed by atoms with Crippen molar-refractivity contribution >= 4 is 23.7 Å². The van der Waals surface area contributed by atoms with E-state index in [1.807, 2.05) is 0 Å². The fraction of sp³-hybridized carbons (Fsp3) is 0.538. The lowest BCUT2D eigenvalue weighted by Gasteiger charge is -2.13. The maximum absolute atomic E-state index is 12.0. The van der Waals surface area contributed by atoms with Gasteiger partial charge in [0.1, 0.15) is 15.8 Å². The van der Waals surface area contributed by atoms with Crippen LogP contribution < -0.4 is 5.69 Å². The highest BCUT2D eigenvalue weighted by molar-refractivity contribution is 8.00. The van der Waals surface area contributed by atoms with Gasteiger partial charge in [0.05, 0.1) is 13.2 Å². The van der Waals surface area contributed by atoms with Crippen molar-refractivity contribution in [2.75, 3.05) is 13.2 Å². The summed E-state index contributed by atoms with van der Waals surface area (Å²) in [5, 5.41) is -0.429. The van der Waals surface area contributed by atoms with Crippen molar-refractivity contribution in [3.8, 4) is 0 Å². The second kappa shape index (κ2) is 7.82. The lowest BCUT2D eigenvalue weighted by Crippen LogP contribution is -2.22. The highest BCUT2D eigenvalue weighted by Gasteiger charge is 2.24. The number of carbonyl (C=O) groups is 2. The van der Waals surface area contributed by atoms with Gasteiger partial charge >= 0.3 is 17.6 Å². The molecule has 1 atom stereocenters. The average molecular weight is 314 g/mol. The first-order valence-corrected chi connectivity index (χ1v) is 7.39. The van der Waals surface area contributed by atoms with E-state index >= 15 is 0 Å². The van der Waals surface area contributed by atoms with Gasteiger partial charge in [0.25, 0.3) is 0 Å².